The van der Waals surface area contributed by atoms with Crippen LogP contribution in [0, 0.1) is 0 Å². The number of nitrogens with zero attached hydrogens (tertiary/aromatic N) is 2. The van der Waals surface area contributed by atoms with Crippen LogP contribution in [0.4, 0.5) is 5.13 Å². The lowest BCUT2D eigenvalue weighted by Crippen LogP contribution is -3.12. The molecule has 26 heavy (non-hydrogen) atoms. The van der Waals surface area contributed by atoms with Gasteiger partial charge in [0.05, 0.1) is 35.9 Å². The van der Waals surface area contributed by atoms with E-state index in [4.69, 9.17) is 11.6 Å². The number of nitrogens with one attached hydrogen (secondary N) is 1. The summed E-state index contributed by atoms with van der Waals surface area (Å²) in [6.45, 7) is 7.92. The Morgan fingerprint density at radius 2 is 1.85 bits per heavy atom. The Morgan fingerprint density at radius 3 is 2.50 bits per heavy atom. The maximum absolute atomic E-state index is 13.1. The monoisotopic (exact) mass is 388 g/mol. The van der Waals surface area contributed by atoms with Crippen molar-refractivity contribution in [3.63, 3.8) is 0 Å². The molecule has 136 valence electrons. The van der Waals surface area contributed by atoms with E-state index in [-0.39, 0.29) is 5.91 Å². The fraction of sp³-hybridized carbons (Fsp3) is 0.300. The molecule has 1 aromatic heterocycles. The highest BCUT2D eigenvalue weighted by Crippen LogP contribution is 2.33. The van der Waals surface area contributed by atoms with Crippen LogP contribution in [0.5, 0.6) is 0 Å². The fourth-order valence-electron chi connectivity index (χ4n) is 2.91. The standard InChI is InChI=1S/C20H22ClN3OS/c1-3-23(4-2)13-14-24(19(25)15-9-6-5-7-10-15)20-22-18-16(21)11-8-12-17(18)26-20/h5-12H,3-4,13-14H2,1-2H3/p+1. The molecule has 0 saturated carbocycles. The molecule has 0 radical (unpaired) electrons. The average Bonchev–Trinajstić information content (AvgIpc) is 3.11. The summed E-state index contributed by atoms with van der Waals surface area (Å²) in [5.41, 5.74) is 1.43. The number of anilines is 1. The summed E-state index contributed by atoms with van der Waals surface area (Å²) in [5, 5.41) is 1.32. The molecule has 0 aliphatic carbocycles. The van der Waals surface area contributed by atoms with Gasteiger partial charge in [-0.15, -0.1) is 0 Å². The number of fused-ring (bicyclic) bond motifs is 1. The number of para-hydroxylation sites is 1. The van der Waals surface area contributed by atoms with Crippen LogP contribution in [0.15, 0.2) is 48.5 Å². The van der Waals surface area contributed by atoms with Crippen molar-refractivity contribution in [3.8, 4) is 0 Å². The first kappa shape index (κ1) is 18.8. The van der Waals surface area contributed by atoms with Crippen LogP contribution in [-0.2, 0) is 0 Å². The molecule has 0 spiro atoms. The SMILES string of the molecule is CC[NH+](CC)CCN(C(=O)c1ccccc1)c1nc2c(Cl)cccc2s1. The molecule has 3 aromatic rings. The molecule has 0 unspecified atom stereocenters. The van der Waals surface area contributed by atoms with E-state index in [0.29, 0.717) is 22.3 Å². The van der Waals surface area contributed by atoms with Gasteiger partial charge < -0.3 is 4.90 Å². The zero-order valence-corrected chi connectivity index (χ0v) is 16.6. The Balaban J connectivity index is 1.95. The molecule has 0 atom stereocenters. The summed E-state index contributed by atoms with van der Waals surface area (Å²) in [4.78, 5) is 21.1. The van der Waals surface area contributed by atoms with E-state index < -0.39 is 0 Å². The molecule has 1 N–H and O–H groups in total. The third kappa shape index (κ3) is 4.06. The first-order chi connectivity index (χ1) is 12.6. The molecule has 1 heterocycles. The lowest BCUT2D eigenvalue weighted by Gasteiger charge is -2.23. The number of amides is 1. The average molecular weight is 389 g/mol. The van der Waals surface area contributed by atoms with Crippen LogP contribution in [0.1, 0.15) is 24.2 Å². The van der Waals surface area contributed by atoms with Gasteiger partial charge in [0.25, 0.3) is 5.91 Å². The van der Waals surface area contributed by atoms with Crippen molar-refractivity contribution in [3.05, 3.63) is 59.1 Å². The van der Waals surface area contributed by atoms with Crippen molar-refractivity contribution in [1.29, 1.82) is 0 Å². The zero-order valence-electron chi connectivity index (χ0n) is 15.0. The van der Waals surface area contributed by atoms with E-state index in [1.807, 2.05) is 48.5 Å². The fourth-order valence-corrected chi connectivity index (χ4v) is 4.20. The number of hydrogen-bond donors (Lipinski definition) is 1. The number of rotatable bonds is 7. The van der Waals surface area contributed by atoms with Crippen LogP contribution in [0.2, 0.25) is 5.02 Å². The molecule has 0 saturated heterocycles. The second-order valence-corrected chi connectivity index (χ2v) is 7.53. The number of hydrogen-bond acceptors (Lipinski definition) is 3. The number of quaternary nitrogens is 1. The summed E-state index contributed by atoms with van der Waals surface area (Å²) in [7, 11) is 0. The molecule has 0 aliphatic rings. The van der Waals surface area contributed by atoms with Gasteiger partial charge >= 0.3 is 0 Å². The second kappa shape index (κ2) is 8.62. The highest BCUT2D eigenvalue weighted by atomic mass is 35.5. The van der Waals surface area contributed by atoms with Crippen LogP contribution in [0.25, 0.3) is 10.2 Å². The normalized spacial score (nSPS) is 11.2. The smallest absolute Gasteiger partial charge is 0.260 e. The van der Waals surface area contributed by atoms with Crippen LogP contribution >= 0.6 is 22.9 Å². The lowest BCUT2D eigenvalue weighted by molar-refractivity contribution is -0.894. The number of carbonyl (C=O) groups is 1. The zero-order chi connectivity index (χ0) is 18.5. The molecule has 3 rings (SSSR count). The van der Waals surface area contributed by atoms with E-state index in [2.05, 4.69) is 18.8 Å². The minimum absolute atomic E-state index is 0.0210. The van der Waals surface area contributed by atoms with Gasteiger partial charge in [-0.25, -0.2) is 4.98 Å². The number of aromatic nitrogens is 1. The molecular formula is C20H23ClN3OS+. The first-order valence-corrected chi connectivity index (χ1v) is 10.1. The van der Waals surface area contributed by atoms with Gasteiger partial charge in [-0.3, -0.25) is 9.69 Å². The number of carbonyl (C=O) groups excluding carboxylic acids is 1. The lowest BCUT2D eigenvalue weighted by atomic mass is 10.2. The number of thiazole rings is 1. The number of likely N-dealkylation sites (N-methyl/N-ethyl adjacent to an activating group) is 1. The van der Waals surface area contributed by atoms with Crippen molar-refractivity contribution in [1.82, 2.24) is 4.98 Å². The first-order valence-electron chi connectivity index (χ1n) is 8.89. The van der Waals surface area contributed by atoms with E-state index in [0.717, 1.165) is 29.9 Å². The summed E-state index contributed by atoms with van der Waals surface area (Å²) >= 11 is 7.79. The molecular weight excluding hydrogens is 366 g/mol. The van der Waals surface area contributed by atoms with E-state index in [1.54, 1.807) is 4.90 Å². The third-order valence-electron chi connectivity index (χ3n) is 4.54. The topological polar surface area (TPSA) is 37.6 Å². The largest absolute Gasteiger partial charge is 0.334 e. The minimum atomic E-state index is -0.0210. The number of halogens is 1. The Hall–Kier alpha value is -1.95. The van der Waals surface area contributed by atoms with Crippen molar-refractivity contribution in [2.45, 2.75) is 13.8 Å². The minimum Gasteiger partial charge on any atom is -0.334 e. The quantitative estimate of drug-likeness (QED) is 0.672. The van der Waals surface area contributed by atoms with Gasteiger partial charge in [0.2, 0.25) is 0 Å². The van der Waals surface area contributed by atoms with Crippen molar-refractivity contribution in [2.75, 3.05) is 31.1 Å². The van der Waals surface area contributed by atoms with Gasteiger partial charge in [-0.1, -0.05) is 47.2 Å². The van der Waals surface area contributed by atoms with Crippen molar-refractivity contribution >= 4 is 44.2 Å². The maximum Gasteiger partial charge on any atom is 0.260 e. The van der Waals surface area contributed by atoms with Gasteiger partial charge in [0, 0.05) is 5.56 Å². The summed E-state index contributed by atoms with van der Waals surface area (Å²) in [6.07, 6.45) is 0. The van der Waals surface area contributed by atoms with Gasteiger partial charge in [-0.05, 0) is 38.1 Å². The van der Waals surface area contributed by atoms with Crippen molar-refractivity contribution in [2.24, 2.45) is 0 Å². The highest BCUT2D eigenvalue weighted by Gasteiger charge is 2.23. The molecule has 6 heteroatoms. The third-order valence-corrected chi connectivity index (χ3v) is 5.89. The Bertz CT molecular complexity index is 877. The summed E-state index contributed by atoms with van der Waals surface area (Å²) in [5.74, 6) is -0.0210. The van der Waals surface area contributed by atoms with Crippen LogP contribution in [-0.4, -0.2) is 37.1 Å². The van der Waals surface area contributed by atoms with E-state index in [9.17, 15) is 4.79 Å². The molecule has 4 nitrogen and oxygen atoms in total. The Morgan fingerprint density at radius 1 is 1.12 bits per heavy atom. The molecule has 1 amide bonds. The Labute approximate surface area is 163 Å². The Kier molecular flexibility index (Phi) is 6.25. The second-order valence-electron chi connectivity index (χ2n) is 6.11. The number of benzene rings is 2. The van der Waals surface area contributed by atoms with Crippen LogP contribution < -0.4 is 9.80 Å². The summed E-state index contributed by atoms with van der Waals surface area (Å²) < 4.78 is 0.994. The molecule has 0 aliphatic heterocycles. The molecule has 0 bridgehead atoms. The van der Waals surface area contributed by atoms with Crippen LogP contribution in [0.3, 0.4) is 0 Å². The molecule has 2 aromatic carbocycles. The highest BCUT2D eigenvalue weighted by molar-refractivity contribution is 7.22. The predicted molar refractivity (Wildman–Crippen MR) is 110 cm³/mol. The maximum atomic E-state index is 13.1. The van der Waals surface area contributed by atoms with E-state index >= 15 is 0 Å². The predicted octanol–water partition coefficient (Wildman–Crippen LogP) is 3.52. The van der Waals surface area contributed by atoms with Gasteiger partial charge in [0.15, 0.2) is 5.13 Å². The van der Waals surface area contributed by atoms with Crippen molar-refractivity contribution < 1.29 is 9.69 Å². The van der Waals surface area contributed by atoms with Gasteiger partial charge in [0.1, 0.15) is 5.52 Å². The molecule has 0 fully saturated rings. The van der Waals surface area contributed by atoms with E-state index in [1.165, 1.54) is 16.2 Å². The van der Waals surface area contributed by atoms with Gasteiger partial charge in [-0.2, -0.15) is 0 Å². The summed E-state index contributed by atoms with van der Waals surface area (Å²) in [6, 6.07) is 15.1.